The minimum atomic E-state index is -3.56. The lowest BCUT2D eigenvalue weighted by molar-refractivity contribution is 0.0547. The topological polar surface area (TPSA) is 68.6 Å². The van der Waals surface area contributed by atoms with Gasteiger partial charge < -0.3 is 4.74 Å². The number of ether oxygens (including phenoxy) is 1. The smallest absolute Gasteiger partial charge is 0.419 e. The first-order valence-corrected chi connectivity index (χ1v) is 13.6. The van der Waals surface area contributed by atoms with Gasteiger partial charge in [-0.1, -0.05) is 37.1 Å². The van der Waals surface area contributed by atoms with Crippen molar-refractivity contribution in [3.63, 3.8) is 0 Å². The van der Waals surface area contributed by atoms with Crippen LogP contribution >= 0.6 is 0 Å². The number of rotatable bonds is 4. The van der Waals surface area contributed by atoms with Gasteiger partial charge in [0.1, 0.15) is 5.60 Å². The molecule has 5 rings (SSSR count). The normalized spacial score (nSPS) is 17.7. The molecule has 1 saturated heterocycles. The second-order valence-corrected chi connectivity index (χ2v) is 12.3. The van der Waals surface area contributed by atoms with E-state index in [1.807, 2.05) is 57.2 Å². The first-order chi connectivity index (χ1) is 16.1. The third-order valence-electron chi connectivity index (χ3n) is 6.84. The van der Waals surface area contributed by atoms with E-state index < -0.39 is 21.7 Å². The van der Waals surface area contributed by atoms with Crippen LogP contribution in [0.3, 0.4) is 0 Å². The first-order valence-electron chi connectivity index (χ1n) is 12.1. The average molecular weight is 481 g/mol. The number of carbonyl (C=O) groups is 1. The van der Waals surface area contributed by atoms with Gasteiger partial charge in [0.2, 0.25) is 10.0 Å². The van der Waals surface area contributed by atoms with Crippen LogP contribution in [-0.2, 0) is 14.8 Å². The molecule has 1 aliphatic heterocycles. The molecule has 2 fully saturated rings. The van der Waals surface area contributed by atoms with Crippen molar-refractivity contribution in [3.05, 3.63) is 54.1 Å². The number of hydrogen-bond acceptors (Lipinski definition) is 4. The molecule has 180 valence electrons. The zero-order valence-corrected chi connectivity index (χ0v) is 20.9. The predicted molar refractivity (Wildman–Crippen MR) is 134 cm³/mol. The standard InChI is InChI=1S/C27H32N2O4S/c1-27(2,3)33-26(30)29-24-12-7-6-11-20(24)17-25(29)23-18-21(34(31,32)28-15-8-16-28)13-14-22(23)19-9-4-5-10-19/h6-7,11-14,17-19H,4-5,8-10,15-16H2,1-3H3. The van der Waals surface area contributed by atoms with Crippen molar-refractivity contribution in [2.75, 3.05) is 13.1 Å². The molecule has 7 heteroatoms. The van der Waals surface area contributed by atoms with E-state index in [-0.39, 0.29) is 4.90 Å². The van der Waals surface area contributed by atoms with E-state index in [1.165, 1.54) is 4.31 Å². The predicted octanol–water partition coefficient (Wildman–Crippen LogP) is 6.14. The van der Waals surface area contributed by atoms with Crippen molar-refractivity contribution >= 4 is 27.0 Å². The number of para-hydroxylation sites is 1. The van der Waals surface area contributed by atoms with Crippen molar-refractivity contribution in [1.82, 2.24) is 8.87 Å². The van der Waals surface area contributed by atoms with Gasteiger partial charge in [-0.15, -0.1) is 0 Å². The Hall–Kier alpha value is -2.64. The Kier molecular flexibility index (Phi) is 5.81. The van der Waals surface area contributed by atoms with Crippen LogP contribution in [0.2, 0.25) is 0 Å². The summed E-state index contributed by atoms with van der Waals surface area (Å²) in [6.07, 6.45) is 4.88. The fourth-order valence-electron chi connectivity index (χ4n) is 5.04. The summed E-state index contributed by atoms with van der Waals surface area (Å²) >= 11 is 0. The zero-order valence-electron chi connectivity index (χ0n) is 20.1. The number of sulfonamides is 1. The highest BCUT2D eigenvalue weighted by Gasteiger charge is 2.32. The molecule has 1 aromatic heterocycles. The SMILES string of the molecule is CC(C)(C)OC(=O)n1c(-c2cc(S(=O)(=O)N3CCC3)ccc2C2CCCC2)cc2ccccc21. The van der Waals surface area contributed by atoms with E-state index in [0.29, 0.717) is 24.7 Å². The third kappa shape index (κ3) is 4.16. The number of hydrogen-bond donors (Lipinski definition) is 0. The molecule has 2 aromatic carbocycles. The molecule has 0 atom stereocenters. The summed E-state index contributed by atoms with van der Waals surface area (Å²) in [4.78, 5) is 13.7. The van der Waals surface area contributed by atoms with Gasteiger partial charge in [0.05, 0.1) is 16.1 Å². The number of carbonyl (C=O) groups excluding carboxylic acids is 1. The van der Waals surface area contributed by atoms with Gasteiger partial charge in [-0.2, -0.15) is 4.31 Å². The largest absolute Gasteiger partial charge is 0.443 e. The Balaban J connectivity index is 1.73. The zero-order chi connectivity index (χ0) is 24.1. The Morgan fingerprint density at radius 1 is 0.971 bits per heavy atom. The first kappa shape index (κ1) is 23.1. The van der Waals surface area contributed by atoms with E-state index in [1.54, 1.807) is 16.7 Å². The van der Waals surface area contributed by atoms with Crippen LogP contribution in [0.5, 0.6) is 0 Å². The maximum Gasteiger partial charge on any atom is 0.419 e. The van der Waals surface area contributed by atoms with Gasteiger partial charge in [-0.3, -0.25) is 0 Å². The lowest BCUT2D eigenvalue weighted by Gasteiger charge is -2.30. The highest BCUT2D eigenvalue weighted by Crippen LogP contribution is 2.42. The van der Waals surface area contributed by atoms with Gasteiger partial charge in [-0.05, 0) is 75.8 Å². The van der Waals surface area contributed by atoms with Crippen LogP contribution in [0.15, 0.2) is 53.4 Å². The molecule has 1 aliphatic carbocycles. The Bertz CT molecular complexity index is 1340. The summed E-state index contributed by atoms with van der Waals surface area (Å²) in [5.41, 5.74) is 2.68. The average Bonchev–Trinajstić information content (AvgIpc) is 3.38. The monoisotopic (exact) mass is 480 g/mol. The maximum atomic E-state index is 13.4. The summed E-state index contributed by atoms with van der Waals surface area (Å²) in [5, 5.41) is 0.914. The summed E-state index contributed by atoms with van der Waals surface area (Å²) in [6.45, 7) is 6.65. The molecule has 0 N–H and O–H groups in total. The van der Waals surface area contributed by atoms with E-state index in [0.717, 1.165) is 54.1 Å². The molecular weight excluding hydrogens is 448 g/mol. The van der Waals surface area contributed by atoms with Gasteiger partial charge >= 0.3 is 6.09 Å². The molecule has 1 saturated carbocycles. The lowest BCUT2D eigenvalue weighted by Crippen LogP contribution is -2.41. The Morgan fingerprint density at radius 3 is 2.32 bits per heavy atom. The molecule has 0 bridgehead atoms. The van der Waals surface area contributed by atoms with Crippen molar-refractivity contribution in [3.8, 4) is 11.3 Å². The minimum absolute atomic E-state index is 0.282. The van der Waals surface area contributed by atoms with Gasteiger partial charge in [0, 0.05) is 24.0 Å². The molecule has 6 nitrogen and oxygen atoms in total. The quantitative estimate of drug-likeness (QED) is 0.450. The molecule has 34 heavy (non-hydrogen) atoms. The summed E-state index contributed by atoms with van der Waals surface area (Å²) < 4.78 is 35.4. The number of benzene rings is 2. The molecular formula is C27H32N2O4S. The van der Waals surface area contributed by atoms with E-state index in [9.17, 15) is 13.2 Å². The molecule has 0 spiro atoms. The van der Waals surface area contributed by atoms with E-state index in [4.69, 9.17) is 4.74 Å². The minimum Gasteiger partial charge on any atom is -0.443 e. The van der Waals surface area contributed by atoms with Crippen molar-refractivity contribution < 1.29 is 17.9 Å². The molecule has 0 amide bonds. The molecule has 2 aliphatic rings. The van der Waals surface area contributed by atoms with Crippen molar-refractivity contribution in [2.24, 2.45) is 0 Å². The third-order valence-corrected chi connectivity index (χ3v) is 8.73. The lowest BCUT2D eigenvalue weighted by atomic mass is 9.91. The fraction of sp³-hybridized carbons (Fsp3) is 0.444. The van der Waals surface area contributed by atoms with Crippen LogP contribution in [0, 0.1) is 0 Å². The Labute approximate surface area is 201 Å². The summed E-state index contributed by atoms with van der Waals surface area (Å²) in [6, 6.07) is 15.2. The highest BCUT2D eigenvalue weighted by molar-refractivity contribution is 7.89. The number of aromatic nitrogens is 1. The Morgan fingerprint density at radius 2 is 1.68 bits per heavy atom. The summed E-state index contributed by atoms with van der Waals surface area (Å²) in [5.74, 6) is 0.348. The number of nitrogens with zero attached hydrogens (tertiary/aromatic N) is 2. The van der Waals surface area contributed by atoms with Crippen LogP contribution in [0.1, 0.15) is 64.4 Å². The summed E-state index contributed by atoms with van der Waals surface area (Å²) in [7, 11) is -3.56. The van der Waals surface area contributed by atoms with Gasteiger partial charge in [0.25, 0.3) is 0 Å². The van der Waals surface area contributed by atoms with Crippen LogP contribution < -0.4 is 0 Å². The van der Waals surface area contributed by atoms with Crippen LogP contribution in [0.4, 0.5) is 4.79 Å². The fourth-order valence-corrected chi connectivity index (χ4v) is 6.59. The second kappa shape index (κ2) is 8.54. The molecule has 0 unspecified atom stereocenters. The van der Waals surface area contributed by atoms with Crippen LogP contribution in [-0.4, -0.2) is 42.1 Å². The van der Waals surface area contributed by atoms with E-state index >= 15 is 0 Å². The van der Waals surface area contributed by atoms with Crippen molar-refractivity contribution in [1.29, 1.82) is 0 Å². The molecule has 0 radical (unpaired) electrons. The maximum absolute atomic E-state index is 13.4. The van der Waals surface area contributed by atoms with Crippen molar-refractivity contribution in [2.45, 2.75) is 69.3 Å². The van der Waals surface area contributed by atoms with Crippen LogP contribution in [0.25, 0.3) is 22.2 Å². The number of fused-ring (bicyclic) bond motifs is 1. The van der Waals surface area contributed by atoms with Gasteiger partial charge in [-0.25, -0.2) is 17.8 Å². The second-order valence-electron chi connectivity index (χ2n) is 10.4. The van der Waals surface area contributed by atoms with Gasteiger partial charge in [0.15, 0.2) is 0 Å². The highest BCUT2D eigenvalue weighted by atomic mass is 32.2. The molecule has 2 heterocycles. The molecule has 3 aromatic rings. The van der Waals surface area contributed by atoms with E-state index in [2.05, 4.69) is 0 Å².